The molecule has 184 valence electrons. The monoisotopic (exact) mass is 569 g/mol. The maximum absolute atomic E-state index is 12.8. The van der Waals surface area contributed by atoms with Crippen molar-refractivity contribution in [3.05, 3.63) is 23.9 Å². The molecule has 1 N–H and O–H groups in total. The smallest absolute Gasteiger partial charge is 0.239 e. The molecule has 0 aromatic carbocycles. The van der Waals surface area contributed by atoms with Gasteiger partial charge in [0.2, 0.25) is 5.91 Å². The van der Waals surface area contributed by atoms with Gasteiger partial charge in [0.1, 0.15) is 5.82 Å². The summed E-state index contributed by atoms with van der Waals surface area (Å²) in [5.74, 6) is 2.33. The molecule has 1 aromatic rings. The third-order valence-electron chi connectivity index (χ3n) is 6.92. The van der Waals surface area contributed by atoms with Crippen molar-refractivity contribution in [2.45, 2.75) is 52.1 Å². The highest BCUT2D eigenvalue weighted by atomic mass is 127. The summed E-state index contributed by atoms with van der Waals surface area (Å²) in [5, 5.41) is 3.44. The van der Waals surface area contributed by atoms with Crippen molar-refractivity contribution in [2.24, 2.45) is 4.99 Å². The number of carbonyl (C=O) groups is 1. The molecule has 1 amide bonds. The molecular weight excluding hydrogens is 529 g/mol. The van der Waals surface area contributed by atoms with E-state index in [1.165, 1.54) is 12.8 Å². The number of aromatic nitrogens is 1. The average molecular weight is 570 g/mol. The van der Waals surface area contributed by atoms with Crippen LogP contribution in [-0.2, 0) is 11.3 Å². The number of carbonyl (C=O) groups excluding carboxylic acids is 1. The quantitative estimate of drug-likeness (QED) is 0.323. The van der Waals surface area contributed by atoms with E-state index in [0.717, 1.165) is 89.1 Å². The van der Waals surface area contributed by atoms with Crippen LogP contribution in [0.15, 0.2) is 23.3 Å². The summed E-state index contributed by atoms with van der Waals surface area (Å²) in [5.41, 5.74) is 1.13. The molecule has 3 aliphatic heterocycles. The fourth-order valence-corrected chi connectivity index (χ4v) is 4.91. The molecule has 8 nitrogen and oxygen atoms in total. The molecule has 1 atom stereocenters. The zero-order valence-electron chi connectivity index (χ0n) is 20.2. The lowest BCUT2D eigenvalue weighted by Gasteiger charge is -2.39. The Labute approximate surface area is 215 Å². The van der Waals surface area contributed by atoms with E-state index in [9.17, 15) is 4.79 Å². The van der Waals surface area contributed by atoms with Crippen LogP contribution in [0.4, 0.5) is 5.82 Å². The van der Waals surface area contributed by atoms with E-state index < -0.39 is 0 Å². The summed E-state index contributed by atoms with van der Waals surface area (Å²) in [6.07, 6.45) is 6.78. The van der Waals surface area contributed by atoms with Gasteiger partial charge in [0.15, 0.2) is 5.96 Å². The Balaban J connectivity index is 0.00000306. The highest BCUT2D eigenvalue weighted by Gasteiger charge is 2.30. The molecule has 0 bridgehead atoms. The molecular formula is C24H40IN7O. The fraction of sp³-hybridized carbons (Fsp3) is 0.708. The normalized spacial score (nSPS) is 20.7. The summed E-state index contributed by atoms with van der Waals surface area (Å²) in [7, 11) is 0. The number of hydrogen-bond acceptors (Lipinski definition) is 5. The van der Waals surface area contributed by atoms with Gasteiger partial charge < -0.3 is 20.0 Å². The van der Waals surface area contributed by atoms with Crippen LogP contribution >= 0.6 is 24.0 Å². The Morgan fingerprint density at radius 3 is 2.27 bits per heavy atom. The number of rotatable bonds is 6. The maximum Gasteiger partial charge on any atom is 0.239 e. The topological polar surface area (TPSA) is 67.3 Å². The first kappa shape index (κ1) is 26.0. The van der Waals surface area contributed by atoms with E-state index in [-0.39, 0.29) is 30.0 Å². The molecule has 33 heavy (non-hydrogen) atoms. The van der Waals surface area contributed by atoms with Crippen molar-refractivity contribution in [3.8, 4) is 0 Å². The minimum Gasteiger partial charge on any atom is -0.357 e. The Kier molecular flexibility index (Phi) is 10.0. The van der Waals surface area contributed by atoms with E-state index in [2.05, 4.69) is 51.0 Å². The van der Waals surface area contributed by atoms with Gasteiger partial charge in [-0.25, -0.2) is 9.98 Å². The molecule has 3 saturated heterocycles. The number of piperazine rings is 1. The Morgan fingerprint density at radius 1 is 1.00 bits per heavy atom. The standard InChI is InChI=1S/C24H39N7O.HI/c1-3-25-24(27-19-21-8-9-22(26-18-21)29-10-4-5-11-29)31-16-14-28(15-17-31)20(2)23(32)30-12-6-7-13-30;/h8-9,18,20H,3-7,10-17,19H2,1-2H3,(H,25,27);1H. The maximum atomic E-state index is 12.8. The van der Waals surface area contributed by atoms with Gasteiger partial charge in [0.05, 0.1) is 12.6 Å². The van der Waals surface area contributed by atoms with Gasteiger partial charge >= 0.3 is 0 Å². The Hall–Kier alpha value is -1.62. The third kappa shape index (κ3) is 6.71. The van der Waals surface area contributed by atoms with Crippen LogP contribution in [0.3, 0.4) is 0 Å². The van der Waals surface area contributed by atoms with Gasteiger partial charge in [-0.05, 0) is 51.2 Å². The Bertz CT molecular complexity index is 768. The molecule has 0 saturated carbocycles. The largest absolute Gasteiger partial charge is 0.357 e. The lowest BCUT2D eigenvalue weighted by Crippen LogP contribution is -2.57. The minimum atomic E-state index is -0.0324. The van der Waals surface area contributed by atoms with E-state index in [4.69, 9.17) is 4.99 Å². The third-order valence-corrected chi connectivity index (χ3v) is 6.92. The van der Waals surface area contributed by atoms with Crippen molar-refractivity contribution in [2.75, 3.05) is 63.8 Å². The average Bonchev–Trinajstić information content (AvgIpc) is 3.56. The van der Waals surface area contributed by atoms with E-state index in [0.29, 0.717) is 12.5 Å². The van der Waals surface area contributed by atoms with E-state index >= 15 is 0 Å². The molecule has 0 radical (unpaired) electrons. The van der Waals surface area contributed by atoms with Gasteiger partial charge in [0.25, 0.3) is 0 Å². The molecule has 4 heterocycles. The van der Waals surface area contributed by atoms with Gasteiger partial charge in [-0.1, -0.05) is 6.07 Å². The number of pyridine rings is 1. The van der Waals surface area contributed by atoms with Crippen molar-refractivity contribution in [3.63, 3.8) is 0 Å². The van der Waals surface area contributed by atoms with Gasteiger partial charge in [0, 0.05) is 65.1 Å². The first-order chi connectivity index (χ1) is 15.7. The second kappa shape index (κ2) is 12.7. The lowest BCUT2D eigenvalue weighted by molar-refractivity contribution is -0.135. The van der Waals surface area contributed by atoms with Crippen LogP contribution in [0.5, 0.6) is 0 Å². The molecule has 1 unspecified atom stereocenters. The van der Waals surface area contributed by atoms with Crippen molar-refractivity contribution in [1.82, 2.24) is 25.0 Å². The number of aliphatic imine (C=N–C) groups is 1. The number of halogens is 1. The molecule has 0 spiro atoms. The first-order valence-corrected chi connectivity index (χ1v) is 12.4. The number of nitrogens with zero attached hydrogens (tertiary/aromatic N) is 6. The second-order valence-electron chi connectivity index (χ2n) is 9.12. The number of amides is 1. The van der Waals surface area contributed by atoms with Crippen LogP contribution in [0.2, 0.25) is 0 Å². The minimum absolute atomic E-state index is 0. The molecule has 4 rings (SSSR count). The van der Waals surface area contributed by atoms with Crippen LogP contribution in [-0.4, -0.2) is 96.5 Å². The zero-order valence-corrected chi connectivity index (χ0v) is 22.5. The SMILES string of the molecule is CCNC(=NCc1ccc(N2CCCC2)nc1)N1CCN(C(C)C(=O)N2CCCC2)CC1.I. The van der Waals surface area contributed by atoms with Crippen LogP contribution in [0, 0.1) is 0 Å². The molecule has 1 aromatic heterocycles. The number of nitrogens with one attached hydrogen (secondary N) is 1. The second-order valence-corrected chi connectivity index (χ2v) is 9.12. The number of hydrogen-bond donors (Lipinski definition) is 1. The molecule has 0 aliphatic carbocycles. The summed E-state index contributed by atoms with van der Waals surface area (Å²) in [4.78, 5) is 31.3. The lowest BCUT2D eigenvalue weighted by atomic mass is 10.2. The predicted molar refractivity (Wildman–Crippen MR) is 144 cm³/mol. The molecule has 9 heteroatoms. The molecule has 3 aliphatic rings. The zero-order chi connectivity index (χ0) is 22.3. The number of anilines is 1. The fourth-order valence-electron chi connectivity index (χ4n) is 4.91. The van der Waals surface area contributed by atoms with Crippen LogP contribution in [0.1, 0.15) is 45.1 Å². The summed E-state index contributed by atoms with van der Waals surface area (Å²) in [6.45, 7) is 13.3. The summed E-state index contributed by atoms with van der Waals surface area (Å²) >= 11 is 0. The first-order valence-electron chi connectivity index (χ1n) is 12.4. The highest BCUT2D eigenvalue weighted by Crippen LogP contribution is 2.18. The van der Waals surface area contributed by atoms with E-state index in [1.54, 1.807) is 0 Å². The Morgan fingerprint density at radius 2 is 1.67 bits per heavy atom. The molecule has 3 fully saturated rings. The van der Waals surface area contributed by atoms with Crippen LogP contribution < -0.4 is 10.2 Å². The van der Waals surface area contributed by atoms with Gasteiger partial charge in [-0.15, -0.1) is 24.0 Å². The number of guanidine groups is 1. The van der Waals surface area contributed by atoms with E-state index in [1.807, 2.05) is 11.1 Å². The van der Waals surface area contributed by atoms with Crippen molar-refractivity contribution in [1.29, 1.82) is 0 Å². The van der Waals surface area contributed by atoms with Crippen molar-refractivity contribution >= 4 is 41.7 Å². The predicted octanol–water partition coefficient (Wildman–Crippen LogP) is 2.39. The van der Waals surface area contributed by atoms with Crippen LogP contribution in [0.25, 0.3) is 0 Å². The highest BCUT2D eigenvalue weighted by molar-refractivity contribution is 14.0. The summed E-state index contributed by atoms with van der Waals surface area (Å²) < 4.78 is 0. The van der Waals surface area contributed by atoms with Gasteiger partial charge in [-0.2, -0.15) is 0 Å². The number of likely N-dealkylation sites (tertiary alicyclic amines) is 1. The van der Waals surface area contributed by atoms with Gasteiger partial charge in [-0.3, -0.25) is 9.69 Å². The van der Waals surface area contributed by atoms with Crippen molar-refractivity contribution < 1.29 is 4.79 Å². The summed E-state index contributed by atoms with van der Waals surface area (Å²) in [6, 6.07) is 4.24.